The summed E-state index contributed by atoms with van der Waals surface area (Å²) in [5, 5.41) is 9.64. The normalized spacial score (nSPS) is 15.5. The topological polar surface area (TPSA) is 77.8 Å². The molecule has 8 heteroatoms. The van der Waals surface area contributed by atoms with Crippen LogP contribution in [0.1, 0.15) is 49.2 Å². The molecule has 162 valence electrons. The van der Waals surface area contributed by atoms with Gasteiger partial charge < -0.3 is 19.1 Å². The van der Waals surface area contributed by atoms with E-state index in [1.54, 1.807) is 23.8 Å². The molecular formula is C22H25ClFNO5. The van der Waals surface area contributed by atoms with Crippen molar-refractivity contribution in [2.24, 2.45) is 5.41 Å². The average molecular weight is 438 g/mol. The number of aromatic nitrogens is 1. The van der Waals surface area contributed by atoms with Crippen molar-refractivity contribution in [2.75, 3.05) is 20.3 Å². The van der Waals surface area contributed by atoms with Gasteiger partial charge in [0.15, 0.2) is 5.82 Å². The van der Waals surface area contributed by atoms with Crippen LogP contribution in [0, 0.1) is 11.2 Å². The van der Waals surface area contributed by atoms with Gasteiger partial charge in [0, 0.05) is 37.9 Å². The van der Waals surface area contributed by atoms with E-state index in [1.165, 1.54) is 6.20 Å². The van der Waals surface area contributed by atoms with Crippen molar-refractivity contribution >= 4 is 17.6 Å². The zero-order chi connectivity index (χ0) is 22.2. The summed E-state index contributed by atoms with van der Waals surface area (Å²) in [6.45, 7) is 6.94. The molecular weight excluding hydrogens is 413 g/mol. The van der Waals surface area contributed by atoms with Gasteiger partial charge in [-0.05, 0) is 29.5 Å². The Morgan fingerprint density at radius 1 is 1.33 bits per heavy atom. The third-order valence-electron chi connectivity index (χ3n) is 5.32. The van der Waals surface area contributed by atoms with Crippen LogP contribution in [-0.2, 0) is 11.2 Å². The molecule has 1 aromatic heterocycles. The summed E-state index contributed by atoms with van der Waals surface area (Å²) >= 11 is 6.38. The van der Waals surface area contributed by atoms with Crippen LogP contribution >= 0.6 is 11.6 Å². The van der Waals surface area contributed by atoms with E-state index >= 15 is 4.39 Å². The third kappa shape index (κ3) is 4.09. The minimum atomic E-state index is -1.45. The fraction of sp³-hybridized carbons (Fsp3) is 0.455. The molecule has 6 nitrogen and oxygen atoms in total. The second kappa shape index (κ2) is 8.40. The number of pyridine rings is 1. The number of hydrogen-bond donors (Lipinski definition) is 1. The number of aromatic carboxylic acids is 1. The number of hydrogen-bond acceptors (Lipinski definition) is 4. The lowest BCUT2D eigenvalue weighted by molar-refractivity contribution is 0.0692. The van der Waals surface area contributed by atoms with Gasteiger partial charge in [-0.1, -0.05) is 32.4 Å². The molecule has 0 amide bonds. The van der Waals surface area contributed by atoms with Crippen LogP contribution in [0.5, 0.6) is 5.75 Å². The van der Waals surface area contributed by atoms with Gasteiger partial charge in [-0.3, -0.25) is 4.79 Å². The lowest BCUT2D eigenvalue weighted by Crippen LogP contribution is -2.34. The monoisotopic (exact) mass is 437 g/mol. The van der Waals surface area contributed by atoms with Crippen LogP contribution in [0.2, 0.25) is 5.02 Å². The quantitative estimate of drug-likeness (QED) is 0.670. The Morgan fingerprint density at radius 2 is 2.03 bits per heavy atom. The van der Waals surface area contributed by atoms with Gasteiger partial charge in [-0.25, -0.2) is 9.18 Å². The lowest BCUT2D eigenvalue weighted by Gasteiger charge is -2.39. The molecule has 1 aliphatic rings. The summed E-state index contributed by atoms with van der Waals surface area (Å²) in [5.41, 5.74) is -0.732. The van der Waals surface area contributed by atoms with Gasteiger partial charge in [-0.15, -0.1) is 0 Å². The molecule has 0 unspecified atom stereocenters. The Balaban J connectivity index is 2.18. The van der Waals surface area contributed by atoms with Crippen LogP contribution in [0.3, 0.4) is 0 Å². The van der Waals surface area contributed by atoms with Gasteiger partial charge in [0.1, 0.15) is 11.3 Å². The summed E-state index contributed by atoms with van der Waals surface area (Å²) in [7, 11) is 1.61. The number of ether oxygens (including phenoxy) is 2. The first kappa shape index (κ1) is 22.3. The SMILES string of the molecule is COCCCOc1cc2c(cc1Cl)-c1c(F)c(=O)c(C(=O)O)cn1[C@H](C(C)(C)C)C2. The zero-order valence-electron chi connectivity index (χ0n) is 17.4. The van der Waals surface area contributed by atoms with Crippen LogP contribution < -0.4 is 10.2 Å². The molecule has 30 heavy (non-hydrogen) atoms. The number of fused-ring (bicyclic) bond motifs is 3. The highest BCUT2D eigenvalue weighted by molar-refractivity contribution is 6.32. The molecule has 0 aliphatic carbocycles. The predicted octanol–water partition coefficient (Wildman–Crippen LogP) is 4.56. The molecule has 1 atom stereocenters. The van der Waals surface area contributed by atoms with E-state index in [4.69, 9.17) is 21.1 Å². The number of halogens is 2. The first-order valence-corrected chi connectivity index (χ1v) is 10.1. The smallest absolute Gasteiger partial charge is 0.341 e. The van der Waals surface area contributed by atoms with E-state index in [-0.39, 0.29) is 17.2 Å². The van der Waals surface area contributed by atoms with Crippen LogP contribution in [0.4, 0.5) is 4.39 Å². The van der Waals surface area contributed by atoms with Crippen LogP contribution in [-0.4, -0.2) is 36.0 Å². The van der Waals surface area contributed by atoms with Crippen molar-refractivity contribution in [2.45, 2.75) is 39.7 Å². The molecule has 0 saturated carbocycles. The zero-order valence-corrected chi connectivity index (χ0v) is 18.2. The molecule has 2 aromatic rings. The van der Waals surface area contributed by atoms with Gasteiger partial charge in [0.25, 0.3) is 0 Å². The van der Waals surface area contributed by atoms with Gasteiger partial charge >= 0.3 is 5.97 Å². The molecule has 1 aliphatic heterocycles. The molecule has 3 rings (SSSR count). The second-order valence-electron chi connectivity index (χ2n) is 8.47. The fourth-order valence-electron chi connectivity index (χ4n) is 3.77. The van der Waals surface area contributed by atoms with Crippen molar-refractivity contribution < 1.29 is 23.8 Å². The van der Waals surface area contributed by atoms with E-state index in [2.05, 4.69) is 0 Å². The number of methoxy groups -OCH3 is 1. The van der Waals surface area contributed by atoms with E-state index in [1.807, 2.05) is 20.8 Å². The summed E-state index contributed by atoms with van der Waals surface area (Å²) in [4.78, 5) is 23.8. The molecule has 0 saturated heterocycles. The molecule has 0 radical (unpaired) electrons. The number of rotatable bonds is 6. The summed E-state index contributed by atoms with van der Waals surface area (Å²) in [6.07, 6.45) is 2.45. The minimum absolute atomic E-state index is 0.0546. The van der Waals surface area contributed by atoms with Gasteiger partial charge in [-0.2, -0.15) is 0 Å². The summed E-state index contributed by atoms with van der Waals surface area (Å²) in [5.74, 6) is -2.06. The fourth-order valence-corrected chi connectivity index (χ4v) is 3.99. The van der Waals surface area contributed by atoms with Crippen molar-refractivity contribution in [3.63, 3.8) is 0 Å². The Bertz CT molecular complexity index is 1040. The van der Waals surface area contributed by atoms with Gasteiger partial charge in [0.2, 0.25) is 5.43 Å². The molecule has 1 N–H and O–H groups in total. The molecule has 0 fully saturated rings. The second-order valence-corrected chi connectivity index (χ2v) is 8.87. The van der Waals surface area contributed by atoms with E-state index in [0.717, 1.165) is 5.56 Å². The Kier molecular flexibility index (Phi) is 6.24. The van der Waals surface area contributed by atoms with Crippen LogP contribution in [0.25, 0.3) is 11.3 Å². The largest absolute Gasteiger partial charge is 0.492 e. The molecule has 2 heterocycles. The third-order valence-corrected chi connectivity index (χ3v) is 5.62. The number of carbonyl (C=O) groups is 1. The predicted molar refractivity (Wildman–Crippen MR) is 112 cm³/mol. The Hall–Kier alpha value is -2.38. The summed E-state index contributed by atoms with van der Waals surface area (Å²) in [6, 6.07) is 3.09. The maximum atomic E-state index is 15.2. The van der Waals surface area contributed by atoms with Crippen molar-refractivity contribution in [1.82, 2.24) is 4.57 Å². The first-order chi connectivity index (χ1) is 14.1. The maximum absolute atomic E-state index is 15.2. The molecule has 0 bridgehead atoms. The first-order valence-electron chi connectivity index (χ1n) is 9.68. The van der Waals surface area contributed by atoms with E-state index in [9.17, 15) is 14.7 Å². The van der Waals surface area contributed by atoms with Crippen molar-refractivity contribution in [3.8, 4) is 17.0 Å². The number of carboxylic acid groups (broad SMARTS) is 1. The number of benzene rings is 1. The van der Waals surface area contributed by atoms with Gasteiger partial charge in [0.05, 0.1) is 17.3 Å². The Morgan fingerprint density at radius 3 is 2.63 bits per heavy atom. The molecule has 0 spiro atoms. The standard InChI is InChI=1S/C22H25ClFNO5/c1-22(2,3)17-9-12-8-16(30-7-5-6-29-4)15(23)10-13(12)19-18(24)20(26)14(21(27)28)11-25(17)19/h8,10-11,17H,5-7,9H2,1-4H3,(H,27,28)/t17-/m0/s1. The Labute approximate surface area is 179 Å². The highest BCUT2D eigenvalue weighted by atomic mass is 35.5. The highest BCUT2D eigenvalue weighted by Crippen LogP contribution is 2.45. The summed E-state index contributed by atoms with van der Waals surface area (Å²) < 4.78 is 27.5. The lowest BCUT2D eigenvalue weighted by atomic mass is 9.78. The van der Waals surface area contributed by atoms with Crippen molar-refractivity contribution in [3.05, 3.63) is 50.5 Å². The average Bonchev–Trinajstić information content (AvgIpc) is 2.66. The maximum Gasteiger partial charge on any atom is 0.341 e. The number of carboxylic acids is 1. The van der Waals surface area contributed by atoms with E-state index < -0.39 is 22.8 Å². The minimum Gasteiger partial charge on any atom is -0.492 e. The molecule has 1 aromatic carbocycles. The number of nitrogens with zero attached hydrogens (tertiary/aromatic N) is 1. The van der Waals surface area contributed by atoms with Crippen LogP contribution in [0.15, 0.2) is 23.1 Å². The van der Waals surface area contributed by atoms with E-state index in [0.29, 0.717) is 42.4 Å². The highest BCUT2D eigenvalue weighted by Gasteiger charge is 2.36. The van der Waals surface area contributed by atoms with Crippen molar-refractivity contribution in [1.29, 1.82) is 0 Å².